The monoisotopic (exact) mass is 426 g/mol. The minimum Gasteiger partial charge on any atom is -0.495 e. The molecule has 7 heteroatoms. The normalized spacial score (nSPS) is 33.5. The van der Waals surface area contributed by atoms with Crippen molar-refractivity contribution in [2.45, 2.75) is 50.5 Å². The van der Waals surface area contributed by atoms with Crippen LogP contribution in [0.2, 0.25) is 0 Å². The van der Waals surface area contributed by atoms with Gasteiger partial charge in [0, 0.05) is 18.5 Å². The van der Waals surface area contributed by atoms with Crippen LogP contribution in [0.1, 0.15) is 44.9 Å². The first-order valence-electron chi connectivity index (χ1n) is 11.4. The molecular formula is C24H30N2O5. The number of para-hydroxylation sites is 2. The molecule has 1 N–H and O–H groups in total. The smallest absolute Gasteiger partial charge is 0.311 e. The summed E-state index contributed by atoms with van der Waals surface area (Å²) in [5, 5.41) is 3.22. The standard InChI is InChI=1S/C24H30N2O5/c1-30-20-5-3-2-4-19(20)26-13-18(9-22(26)28)23(29)31-14-21(27)25-24-10-15-6-16(11-24)8-17(7-15)12-24/h2-5,15-18H,6-14H2,1H3,(H,25,27). The minimum absolute atomic E-state index is 0.0769. The lowest BCUT2D eigenvalue weighted by Gasteiger charge is -2.56. The Labute approximate surface area is 182 Å². The molecule has 1 aromatic carbocycles. The Morgan fingerprint density at radius 3 is 2.39 bits per heavy atom. The molecule has 1 saturated heterocycles. The van der Waals surface area contributed by atoms with Crippen molar-refractivity contribution in [1.29, 1.82) is 0 Å². The summed E-state index contributed by atoms with van der Waals surface area (Å²) in [6.07, 6.45) is 7.18. The topological polar surface area (TPSA) is 84.9 Å². The summed E-state index contributed by atoms with van der Waals surface area (Å²) in [5.41, 5.74) is 0.548. The van der Waals surface area contributed by atoms with Gasteiger partial charge in [0.1, 0.15) is 5.75 Å². The molecule has 4 aliphatic carbocycles. The van der Waals surface area contributed by atoms with Crippen LogP contribution in [0.15, 0.2) is 24.3 Å². The van der Waals surface area contributed by atoms with Gasteiger partial charge in [0.15, 0.2) is 6.61 Å². The molecule has 4 bridgehead atoms. The van der Waals surface area contributed by atoms with Gasteiger partial charge < -0.3 is 19.7 Å². The van der Waals surface area contributed by atoms with E-state index in [1.807, 2.05) is 12.1 Å². The van der Waals surface area contributed by atoms with E-state index in [1.54, 1.807) is 24.1 Å². The van der Waals surface area contributed by atoms with E-state index in [-0.39, 0.29) is 36.9 Å². The van der Waals surface area contributed by atoms with E-state index in [0.29, 0.717) is 11.4 Å². The number of nitrogens with one attached hydrogen (secondary N) is 1. The molecule has 7 nitrogen and oxygen atoms in total. The Hall–Kier alpha value is -2.57. The van der Waals surface area contributed by atoms with Gasteiger partial charge in [-0.2, -0.15) is 0 Å². The highest BCUT2D eigenvalue weighted by Crippen LogP contribution is 2.55. The number of anilines is 1. The van der Waals surface area contributed by atoms with E-state index in [9.17, 15) is 14.4 Å². The third-order valence-corrected chi connectivity index (χ3v) is 7.62. The molecule has 1 atom stereocenters. The number of carbonyl (C=O) groups excluding carboxylic acids is 3. The summed E-state index contributed by atoms with van der Waals surface area (Å²) in [6, 6.07) is 7.23. The molecule has 0 radical (unpaired) electrons. The van der Waals surface area contributed by atoms with E-state index < -0.39 is 11.9 Å². The second kappa shape index (κ2) is 7.84. The Bertz CT molecular complexity index is 862. The molecule has 6 rings (SSSR count). The predicted molar refractivity (Wildman–Crippen MR) is 113 cm³/mol. The fourth-order valence-electron chi connectivity index (χ4n) is 6.80. The molecular weight excluding hydrogens is 396 g/mol. The molecule has 1 heterocycles. The van der Waals surface area contributed by atoms with E-state index >= 15 is 0 Å². The quantitative estimate of drug-likeness (QED) is 0.707. The van der Waals surface area contributed by atoms with Crippen LogP contribution in [-0.4, -0.2) is 43.6 Å². The van der Waals surface area contributed by atoms with E-state index in [4.69, 9.17) is 9.47 Å². The zero-order valence-corrected chi connectivity index (χ0v) is 18.0. The zero-order chi connectivity index (χ0) is 21.6. The van der Waals surface area contributed by atoms with Crippen molar-refractivity contribution in [3.8, 4) is 5.75 Å². The van der Waals surface area contributed by atoms with Gasteiger partial charge >= 0.3 is 5.97 Å². The summed E-state index contributed by atoms with van der Waals surface area (Å²) in [4.78, 5) is 39.2. The van der Waals surface area contributed by atoms with Gasteiger partial charge in [-0.1, -0.05) is 12.1 Å². The highest BCUT2D eigenvalue weighted by Gasteiger charge is 2.51. The SMILES string of the molecule is COc1ccccc1N1CC(C(=O)OCC(=O)NC23CC4CC(CC(C4)C2)C3)CC1=O. The second-order valence-electron chi connectivity index (χ2n) is 9.93. The first kappa shape index (κ1) is 20.3. The molecule has 2 amide bonds. The average Bonchev–Trinajstić information content (AvgIpc) is 3.12. The van der Waals surface area contributed by atoms with E-state index in [2.05, 4.69) is 5.32 Å². The molecule has 1 unspecified atom stereocenters. The number of benzene rings is 1. The molecule has 0 aromatic heterocycles. The zero-order valence-electron chi connectivity index (χ0n) is 18.0. The van der Waals surface area contributed by atoms with Gasteiger partial charge in [0.2, 0.25) is 5.91 Å². The molecule has 1 aromatic rings. The second-order valence-corrected chi connectivity index (χ2v) is 9.93. The van der Waals surface area contributed by atoms with Gasteiger partial charge in [-0.15, -0.1) is 0 Å². The summed E-state index contributed by atoms with van der Waals surface area (Å²) < 4.78 is 10.7. The molecule has 31 heavy (non-hydrogen) atoms. The maximum absolute atomic E-state index is 12.6. The minimum atomic E-state index is -0.579. The van der Waals surface area contributed by atoms with Crippen LogP contribution in [-0.2, 0) is 19.1 Å². The lowest BCUT2D eigenvalue weighted by Crippen LogP contribution is -2.60. The maximum Gasteiger partial charge on any atom is 0.311 e. The Balaban J connectivity index is 1.15. The van der Waals surface area contributed by atoms with Gasteiger partial charge in [-0.25, -0.2) is 0 Å². The van der Waals surface area contributed by atoms with Crippen LogP contribution in [0.3, 0.4) is 0 Å². The number of nitrogens with zero attached hydrogens (tertiary/aromatic N) is 1. The molecule has 5 fully saturated rings. The van der Waals surface area contributed by atoms with Gasteiger partial charge in [0.05, 0.1) is 18.7 Å². The van der Waals surface area contributed by atoms with E-state index in [1.165, 1.54) is 19.3 Å². The molecule has 5 aliphatic rings. The third-order valence-electron chi connectivity index (χ3n) is 7.62. The van der Waals surface area contributed by atoms with Crippen LogP contribution in [0.5, 0.6) is 5.75 Å². The van der Waals surface area contributed by atoms with Crippen molar-refractivity contribution in [1.82, 2.24) is 5.32 Å². The molecule has 166 valence electrons. The molecule has 1 aliphatic heterocycles. The van der Waals surface area contributed by atoms with E-state index in [0.717, 1.165) is 37.0 Å². The van der Waals surface area contributed by atoms with Gasteiger partial charge in [0.25, 0.3) is 5.91 Å². The van der Waals surface area contributed by atoms with Crippen molar-refractivity contribution >= 4 is 23.5 Å². The van der Waals surface area contributed by atoms with Gasteiger partial charge in [-0.05, 0) is 68.4 Å². The van der Waals surface area contributed by atoms with Crippen molar-refractivity contribution < 1.29 is 23.9 Å². The first-order chi connectivity index (χ1) is 14.9. The van der Waals surface area contributed by atoms with Gasteiger partial charge in [-0.3, -0.25) is 14.4 Å². The van der Waals surface area contributed by atoms with Crippen molar-refractivity contribution in [3.63, 3.8) is 0 Å². The number of rotatable bonds is 6. The summed E-state index contributed by atoms with van der Waals surface area (Å²) >= 11 is 0. The summed E-state index contributed by atoms with van der Waals surface area (Å²) in [7, 11) is 1.55. The Morgan fingerprint density at radius 1 is 1.10 bits per heavy atom. The highest BCUT2D eigenvalue weighted by atomic mass is 16.5. The largest absolute Gasteiger partial charge is 0.495 e. The first-order valence-corrected chi connectivity index (χ1v) is 11.4. The number of carbonyl (C=O) groups is 3. The number of amides is 2. The number of methoxy groups -OCH3 is 1. The van der Waals surface area contributed by atoms with Crippen LogP contribution in [0.25, 0.3) is 0 Å². The third kappa shape index (κ3) is 3.90. The lowest BCUT2D eigenvalue weighted by molar-refractivity contribution is -0.153. The number of esters is 1. The van der Waals surface area contributed by atoms with Crippen molar-refractivity contribution in [3.05, 3.63) is 24.3 Å². The Morgan fingerprint density at radius 2 is 1.74 bits per heavy atom. The highest BCUT2D eigenvalue weighted by molar-refractivity contribution is 6.00. The van der Waals surface area contributed by atoms with Crippen molar-refractivity contribution in [2.24, 2.45) is 23.7 Å². The van der Waals surface area contributed by atoms with Crippen LogP contribution < -0.4 is 15.0 Å². The number of hydrogen-bond donors (Lipinski definition) is 1. The lowest BCUT2D eigenvalue weighted by atomic mass is 9.53. The van der Waals surface area contributed by atoms with Crippen LogP contribution >= 0.6 is 0 Å². The summed E-state index contributed by atoms with van der Waals surface area (Å²) in [6.45, 7) is -0.0471. The van der Waals surface area contributed by atoms with Crippen molar-refractivity contribution in [2.75, 3.05) is 25.2 Å². The fraction of sp³-hybridized carbons (Fsp3) is 0.625. The molecule has 0 spiro atoms. The number of ether oxygens (including phenoxy) is 2. The maximum atomic E-state index is 12.6. The fourth-order valence-corrected chi connectivity index (χ4v) is 6.80. The summed E-state index contributed by atoms with van der Waals surface area (Å²) in [5.74, 6) is 1.35. The Kier molecular flexibility index (Phi) is 5.15. The average molecular weight is 427 g/mol. The molecule has 4 saturated carbocycles. The number of hydrogen-bond acceptors (Lipinski definition) is 5. The van der Waals surface area contributed by atoms with Crippen LogP contribution in [0.4, 0.5) is 5.69 Å². The predicted octanol–water partition coefficient (Wildman–Crippen LogP) is 2.68. The van der Waals surface area contributed by atoms with Crippen LogP contribution in [0, 0.1) is 23.7 Å².